The highest BCUT2D eigenvalue weighted by Gasteiger charge is 2.17. The van der Waals surface area contributed by atoms with Crippen LogP contribution in [0.25, 0.3) is 0 Å². The first kappa shape index (κ1) is 13.1. The second-order valence-electron chi connectivity index (χ2n) is 4.46. The number of carbonyl (C=O) groups excluding carboxylic acids is 1. The maximum absolute atomic E-state index is 12.1. The van der Waals surface area contributed by atoms with Crippen LogP contribution in [0.1, 0.15) is 27.4 Å². The number of nitrogens with zero attached hydrogens (tertiary/aromatic N) is 3. The highest BCUT2D eigenvalue weighted by molar-refractivity contribution is 5.97. The predicted molar refractivity (Wildman–Crippen MR) is 72.5 cm³/mol. The molecule has 0 aliphatic heterocycles. The normalized spacial score (nSPS) is 10.5. The van der Waals surface area contributed by atoms with E-state index in [1.807, 2.05) is 19.1 Å². The average molecular weight is 259 g/mol. The molecular formula is C13H17N5O. The van der Waals surface area contributed by atoms with Gasteiger partial charge in [-0.1, -0.05) is 6.07 Å². The molecule has 3 N–H and O–H groups in total. The topological polar surface area (TPSA) is 85.8 Å². The summed E-state index contributed by atoms with van der Waals surface area (Å²) in [5, 5.41) is 6.93. The molecule has 0 aromatic carbocycles. The van der Waals surface area contributed by atoms with Crippen molar-refractivity contribution in [2.45, 2.75) is 20.4 Å². The van der Waals surface area contributed by atoms with Gasteiger partial charge in [0.2, 0.25) is 0 Å². The Labute approximate surface area is 111 Å². The Balaban J connectivity index is 2.07. The van der Waals surface area contributed by atoms with E-state index in [-0.39, 0.29) is 5.91 Å². The number of pyridine rings is 1. The molecule has 6 nitrogen and oxygen atoms in total. The number of aryl methyl sites for hydroxylation is 3. The molecule has 19 heavy (non-hydrogen) atoms. The molecule has 0 spiro atoms. The number of amides is 1. The summed E-state index contributed by atoms with van der Waals surface area (Å²) in [6.45, 7) is 4.10. The van der Waals surface area contributed by atoms with Crippen molar-refractivity contribution < 1.29 is 4.79 Å². The lowest BCUT2D eigenvalue weighted by Crippen LogP contribution is -2.26. The van der Waals surface area contributed by atoms with Crippen LogP contribution in [0.2, 0.25) is 0 Å². The second-order valence-corrected chi connectivity index (χ2v) is 4.46. The summed E-state index contributed by atoms with van der Waals surface area (Å²) in [7, 11) is 1.70. The Morgan fingerprint density at radius 2 is 2.16 bits per heavy atom. The maximum atomic E-state index is 12.1. The Hall–Kier alpha value is -2.37. The zero-order chi connectivity index (χ0) is 14.0. The van der Waals surface area contributed by atoms with Crippen molar-refractivity contribution in [3.63, 3.8) is 0 Å². The van der Waals surface area contributed by atoms with Crippen LogP contribution in [-0.2, 0) is 13.6 Å². The SMILES string of the molecule is Cc1ccc(CNC(=O)c2c(N)c(C)nn2C)cn1. The summed E-state index contributed by atoms with van der Waals surface area (Å²) < 4.78 is 1.49. The molecular weight excluding hydrogens is 242 g/mol. The molecule has 100 valence electrons. The molecule has 0 unspecified atom stereocenters. The summed E-state index contributed by atoms with van der Waals surface area (Å²) in [4.78, 5) is 16.2. The summed E-state index contributed by atoms with van der Waals surface area (Å²) in [6, 6.07) is 3.84. The van der Waals surface area contributed by atoms with Gasteiger partial charge >= 0.3 is 0 Å². The zero-order valence-corrected chi connectivity index (χ0v) is 11.3. The van der Waals surface area contributed by atoms with Crippen LogP contribution in [0.5, 0.6) is 0 Å². The minimum Gasteiger partial charge on any atom is -0.395 e. The van der Waals surface area contributed by atoms with Crippen molar-refractivity contribution in [1.29, 1.82) is 0 Å². The predicted octanol–water partition coefficient (Wildman–Crippen LogP) is 0.944. The molecule has 0 atom stereocenters. The van der Waals surface area contributed by atoms with Crippen molar-refractivity contribution in [2.75, 3.05) is 5.73 Å². The van der Waals surface area contributed by atoms with Gasteiger partial charge in [-0.3, -0.25) is 14.5 Å². The fraction of sp³-hybridized carbons (Fsp3) is 0.308. The lowest BCUT2D eigenvalue weighted by Gasteiger charge is -2.06. The molecule has 1 amide bonds. The second kappa shape index (κ2) is 5.09. The molecule has 0 fully saturated rings. The van der Waals surface area contributed by atoms with E-state index in [1.54, 1.807) is 20.2 Å². The number of hydrogen-bond donors (Lipinski definition) is 2. The fourth-order valence-corrected chi connectivity index (χ4v) is 1.81. The summed E-state index contributed by atoms with van der Waals surface area (Å²) in [6.07, 6.45) is 1.74. The third-order valence-electron chi connectivity index (χ3n) is 2.91. The molecule has 2 heterocycles. The standard InChI is InChI=1S/C13H17N5O/c1-8-4-5-10(6-15-8)7-16-13(19)12-11(14)9(2)17-18(12)3/h4-6H,7,14H2,1-3H3,(H,16,19). The smallest absolute Gasteiger partial charge is 0.271 e. The van der Waals surface area contributed by atoms with E-state index in [2.05, 4.69) is 15.4 Å². The van der Waals surface area contributed by atoms with Crippen molar-refractivity contribution in [3.05, 3.63) is 41.0 Å². The van der Waals surface area contributed by atoms with E-state index < -0.39 is 0 Å². The van der Waals surface area contributed by atoms with Gasteiger partial charge in [-0.2, -0.15) is 5.10 Å². The van der Waals surface area contributed by atoms with Crippen molar-refractivity contribution in [2.24, 2.45) is 7.05 Å². The number of nitrogens with one attached hydrogen (secondary N) is 1. The van der Waals surface area contributed by atoms with Gasteiger partial charge in [-0.15, -0.1) is 0 Å². The Kier molecular flexibility index (Phi) is 3.50. The molecule has 0 bridgehead atoms. The Morgan fingerprint density at radius 1 is 1.42 bits per heavy atom. The van der Waals surface area contributed by atoms with Crippen LogP contribution in [0.4, 0.5) is 5.69 Å². The third-order valence-corrected chi connectivity index (χ3v) is 2.91. The highest BCUT2D eigenvalue weighted by atomic mass is 16.2. The van der Waals surface area contributed by atoms with Crippen LogP contribution < -0.4 is 11.1 Å². The van der Waals surface area contributed by atoms with Gasteiger partial charge < -0.3 is 11.1 Å². The van der Waals surface area contributed by atoms with E-state index in [1.165, 1.54) is 4.68 Å². The van der Waals surface area contributed by atoms with Gasteiger partial charge in [-0.25, -0.2) is 0 Å². The van der Waals surface area contributed by atoms with Crippen LogP contribution in [0.15, 0.2) is 18.3 Å². The maximum Gasteiger partial charge on any atom is 0.271 e. The van der Waals surface area contributed by atoms with Crippen molar-refractivity contribution >= 4 is 11.6 Å². The van der Waals surface area contributed by atoms with E-state index in [0.29, 0.717) is 23.6 Å². The Bertz CT molecular complexity index is 600. The average Bonchev–Trinajstić information content (AvgIpc) is 2.62. The summed E-state index contributed by atoms with van der Waals surface area (Å²) >= 11 is 0. The van der Waals surface area contributed by atoms with Crippen molar-refractivity contribution in [3.8, 4) is 0 Å². The molecule has 0 aliphatic rings. The highest BCUT2D eigenvalue weighted by Crippen LogP contribution is 2.14. The van der Waals surface area contributed by atoms with E-state index in [9.17, 15) is 4.79 Å². The van der Waals surface area contributed by atoms with Gasteiger partial charge in [0.1, 0.15) is 5.69 Å². The first-order chi connectivity index (χ1) is 8.99. The van der Waals surface area contributed by atoms with Gasteiger partial charge in [-0.05, 0) is 25.5 Å². The minimum atomic E-state index is -0.235. The van der Waals surface area contributed by atoms with Gasteiger partial charge in [0.15, 0.2) is 0 Å². The summed E-state index contributed by atoms with van der Waals surface area (Å²) in [5.41, 5.74) is 9.19. The molecule has 2 aromatic heterocycles. The lowest BCUT2D eigenvalue weighted by molar-refractivity contribution is 0.0942. The fourth-order valence-electron chi connectivity index (χ4n) is 1.81. The number of rotatable bonds is 3. The van der Waals surface area contributed by atoms with Crippen LogP contribution in [-0.4, -0.2) is 20.7 Å². The van der Waals surface area contributed by atoms with Crippen LogP contribution >= 0.6 is 0 Å². The molecule has 0 radical (unpaired) electrons. The van der Waals surface area contributed by atoms with Crippen LogP contribution in [0.3, 0.4) is 0 Å². The molecule has 0 aliphatic carbocycles. The van der Waals surface area contributed by atoms with E-state index in [4.69, 9.17) is 5.73 Å². The number of carbonyl (C=O) groups is 1. The van der Waals surface area contributed by atoms with Gasteiger partial charge in [0.05, 0.1) is 11.4 Å². The van der Waals surface area contributed by atoms with E-state index in [0.717, 1.165) is 11.3 Å². The Morgan fingerprint density at radius 3 is 2.68 bits per heavy atom. The number of hydrogen-bond acceptors (Lipinski definition) is 4. The van der Waals surface area contributed by atoms with Crippen LogP contribution in [0, 0.1) is 13.8 Å². The third kappa shape index (κ3) is 2.73. The molecule has 0 saturated heterocycles. The first-order valence-electron chi connectivity index (χ1n) is 5.98. The number of anilines is 1. The molecule has 6 heteroatoms. The largest absolute Gasteiger partial charge is 0.395 e. The monoisotopic (exact) mass is 259 g/mol. The lowest BCUT2D eigenvalue weighted by atomic mass is 10.2. The number of nitrogen functional groups attached to an aromatic ring is 1. The molecule has 0 saturated carbocycles. The van der Waals surface area contributed by atoms with Crippen molar-refractivity contribution in [1.82, 2.24) is 20.1 Å². The van der Waals surface area contributed by atoms with Gasteiger partial charge in [0.25, 0.3) is 5.91 Å². The molecule has 2 aromatic rings. The zero-order valence-electron chi connectivity index (χ0n) is 11.3. The number of aromatic nitrogens is 3. The number of nitrogens with two attached hydrogens (primary N) is 1. The first-order valence-corrected chi connectivity index (χ1v) is 5.98. The quantitative estimate of drug-likeness (QED) is 0.859. The van der Waals surface area contributed by atoms with E-state index >= 15 is 0 Å². The minimum absolute atomic E-state index is 0.235. The summed E-state index contributed by atoms with van der Waals surface area (Å²) in [5.74, 6) is -0.235. The van der Waals surface area contributed by atoms with Gasteiger partial charge in [0, 0.05) is 25.5 Å². The molecule has 2 rings (SSSR count).